The monoisotopic (exact) mass is 1910 g/mol. The van der Waals surface area contributed by atoms with Crippen LogP contribution >= 0.6 is 54.4 Å². The van der Waals surface area contributed by atoms with Crippen LogP contribution in [0.2, 0.25) is 0 Å². The molecule has 2 aliphatic rings. The maximum Gasteiger partial charge on any atom is 3.00 e. The quantitative estimate of drug-likeness (QED) is 0.0897. The first-order valence-corrected chi connectivity index (χ1v) is 36.3. The molecular weight excluding hydrogens is 1850 g/mol. The third-order valence-corrected chi connectivity index (χ3v) is 10.8. The maximum atomic E-state index is 9.87. The minimum Gasteiger partial charge on any atom is 3.00 e. The number of rotatable bonds is 8. The molecule has 0 radical (unpaired) electrons. The van der Waals surface area contributed by atoms with Crippen molar-refractivity contribution in [1.29, 1.82) is 0 Å². The van der Waals surface area contributed by atoms with Crippen molar-refractivity contribution < 1.29 is 141 Å². The van der Waals surface area contributed by atoms with E-state index in [9.17, 15) is 101 Å². The topological polar surface area (TPSA) is 75.6 Å². The van der Waals surface area contributed by atoms with E-state index in [4.69, 9.17) is 23.2 Å². The number of hydrogen-bond donors (Lipinski definition) is 2. The number of nitrogens with zero attached hydrogens (tertiary/aromatic N) is 4. The van der Waals surface area contributed by atoms with Gasteiger partial charge in [-0.2, -0.15) is 0 Å². The Labute approximate surface area is 590 Å². The Morgan fingerprint density at radius 2 is 0.364 bits per heavy atom. The minimum atomic E-state index is -10.7. The van der Waals surface area contributed by atoms with Crippen LogP contribution in [0.1, 0.15) is 90.1 Å². The van der Waals surface area contributed by atoms with Crippen LogP contribution in [0.5, 0.6) is 0 Å². The van der Waals surface area contributed by atoms with E-state index in [0.717, 1.165) is 71.7 Å². The number of halogens is 26. The van der Waals surface area contributed by atoms with Gasteiger partial charge < -0.3 is 10.6 Å². The van der Waals surface area contributed by atoms with Crippen LogP contribution in [0, 0.1) is 27.7 Å². The zero-order chi connectivity index (χ0) is 74.1. The second-order valence-electron chi connectivity index (χ2n) is 20.1. The van der Waals surface area contributed by atoms with Crippen molar-refractivity contribution in [2.45, 2.75) is 53.9 Å². The van der Waals surface area contributed by atoms with Crippen molar-refractivity contribution in [2.75, 3.05) is 5.34 Å². The third kappa shape index (κ3) is 61.8. The summed E-state index contributed by atoms with van der Waals surface area (Å²) in [5, 5.41) is 6.89. The summed E-state index contributed by atoms with van der Waals surface area (Å²) in [5.74, 6) is 0. The molecule has 4 aromatic heterocycles. The molecule has 4 heterocycles. The molecule has 552 valence electrons. The predicted octanol–water partition coefficient (Wildman–Crippen LogP) is 28.4. The summed E-state index contributed by atoms with van der Waals surface area (Å²) in [6.07, 6.45) is 17.4. The van der Waals surface area contributed by atoms with Crippen molar-refractivity contribution >= 4 is 103 Å². The minimum absolute atomic E-state index is 0. The summed E-state index contributed by atoms with van der Waals surface area (Å²) in [5.41, 5.74) is 18.7. The molecule has 0 unspecified atom stereocenters. The fourth-order valence-corrected chi connectivity index (χ4v) is 7.41. The first-order valence-electron chi connectivity index (χ1n) is 27.1. The van der Waals surface area contributed by atoms with Gasteiger partial charge in [0.05, 0.1) is 28.1 Å². The van der Waals surface area contributed by atoms with Crippen LogP contribution in [-0.2, 0) is 66.4 Å². The van der Waals surface area contributed by atoms with Crippen molar-refractivity contribution in [2.24, 2.45) is 0 Å². The van der Waals surface area contributed by atoms with E-state index in [0.29, 0.717) is 0 Å². The summed E-state index contributed by atoms with van der Waals surface area (Å²) in [6.45, 7) is 11.1. The smallest absolute Gasteiger partial charge is 3.00 e. The van der Waals surface area contributed by atoms with Crippen LogP contribution in [-0.4, -0.2) is 25.3 Å². The molecule has 0 fully saturated rings. The molecule has 0 saturated heterocycles. The Hall–Kier alpha value is -5.72. The van der Waals surface area contributed by atoms with E-state index in [-0.39, 0.29) is 45.5 Å². The summed E-state index contributed by atoms with van der Waals surface area (Å²) in [4.78, 5) is 17.8. The van der Waals surface area contributed by atoms with Gasteiger partial charge in [-0.05, 0) is 121 Å². The van der Waals surface area contributed by atoms with Gasteiger partial charge >= 0.3 is 172 Å². The van der Waals surface area contributed by atoms with Gasteiger partial charge in [0.2, 0.25) is 0 Å². The van der Waals surface area contributed by atoms with Gasteiger partial charge in [-0.3, -0.25) is 19.9 Å². The first-order chi connectivity index (χ1) is 43.6. The van der Waals surface area contributed by atoms with E-state index >= 15 is 0 Å². The fourth-order valence-electron chi connectivity index (χ4n) is 7.41. The largest absolute Gasteiger partial charge is 3.00 e. The fraction of sp³-hybridized carbons (Fsp3) is 0.148. The number of nitrogens with one attached hydrogen (secondary N) is 2. The van der Waals surface area contributed by atoms with E-state index in [2.05, 4.69) is 176 Å². The molecule has 0 atom stereocenters. The van der Waals surface area contributed by atoms with Crippen LogP contribution in [0.3, 0.4) is 0 Å². The van der Waals surface area contributed by atoms with Gasteiger partial charge in [-0.25, -0.2) is 0 Å². The number of aromatic nitrogens is 4. The van der Waals surface area contributed by atoms with Crippen LogP contribution in [0.25, 0.3) is 48.6 Å². The standard InChI is InChI=1S/2C16H12.2C14H17N3.CH2Cl2.4F6P.2Ir/c2*1-2-6-14-11-12-16-8-4-3-7-15(16)10-9-13(14)5-1;2*1-11-5-3-7-13(16-11)9-15-10-14-8-4-6-12(2)17-14;2-1-3;4*1-7(2,3,4,5)6;;/h2*1-12H;2*3-8,15H,9-10H2,1-2H3;1H2;;;;;;/q;;;;;4*-1;2*+3/b2*10-9-,12-11-,13-9?,14-11?,15-10?,16-12?;;;;;;;;;. The number of aryl methyl sites for hydroxylation is 4. The number of alkyl halides is 2. The van der Waals surface area contributed by atoms with Gasteiger partial charge in [-0.1, -0.05) is 170 Å². The second-order valence-corrected chi connectivity index (χ2v) is 28.5. The van der Waals surface area contributed by atoms with Crippen molar-refractivity contribution in [3.8, 4) is 0 Å². The average molecular weight is 1910 g/mol. The van der Waals surface area contributed by atoms with Gasteiger partial charge in [-0.15, -0.1) is 23.2 Å². The molecule has 4 aromatic carbocycles. The number of benzene rings is 4. The molecule has 0 bridgehead atoms. The van der Waals surface area contributed by atoms with E-state index < -0.39 is 31.2 Å². The Bertz CT molecular complexity index is 3350. The number of pyridine rings is 4. The summed E-state index contributed by atoms with van der Waals surface area (Å²) in [7, 11) is -42.6. The van der Waals surface area contributed by atoms with Crippen LogP contribution in [0.4, 0.5) is 101 Å². The zero-order valence-electron chi connectivity index (χ0n) is 51.4. The Kier molecular flexibility index (Phi) is 32.5. The molecule has 0 aliphatic heterocycles. The Morgan fingerprint density at radius 1 is 0.242 bits per heavy atom. The van der Waals surface area contributed by atoms with E-state index in [1.807, 2.05) is 100 Å². The molecule has 38 heteroatoms. The van der Waals surface area contributed by atoms with Crippen LogP contribution in [0.15, 0.2) is 170 Å². The summed E-state index contributed by atoms with van der Waals surface area (Å²) < 4.78 is 237. The SMILES string of the molecule is C1=C\c2ccccc2/C=C\c2ccccc2/1.C1=C\c2ccccc2/C=C\c2ccccc2/1.Cc1cccc(CNCc2cccc(C)n2)n1.Cc1cccc(CNCc2cccc(C)n2)n1.ClCCl.F[P-](F)(F)(F)(F)F.F[P-](F)(F)(F)(F)F.F[P-](F)(F)(F)(F)F.F[P-](F)(F)(F)(F)F.[Ir+3].[Ir+3]. The van der Waals surface area contributed by atoms with Gasteiger partial charge in [0, 0.05) is 49.0 Å². The molecule has 0 amide bonds. The first kappa shape index (κ1) is 93.3. The summed E-state index contributed by atoms with van der Waals surface area (Å²) >= 11 is 9.53. The number of hydrogen-bond acceptors (Lipinski definition) is 6. The second kappa shape index (κ2) is 34.5. The molecule has 99 heavy (non-hydrogen) atoms. The molecule has 8 aromatic rings. The normalized spacial score (nSPS) is 15.7. The van der Waals surface area contributed by atoms with Gasteiger partial charge in [0.25, 0.3) is 0 Å². The van der Waals surface area contributed by atoms with Gasteiger partial charge in [0.1, 0.15) is 0 Å². The zero-order valence-corrected chi connectivity index (χ0v) is 61.3. The van der Waals surface area contributed by atoms with Crippen molar-refractivity contribution in [3.05, 3.63) is 260 Å². The summed E-state index contributed by atoms with van der Waals surface area (Å²) in [6, 6.07) is 58.0. The van der Waals surface area contributed by atoms with Gasteiger partial charge in [0.15, 0.2) is 0 Å². The van der Waals surface area contributed by atoms with Crippen LogP contribution < -0.4 is 10.6 Å². The Balaban J connectivity index is 0.00000113. The molecule has 0 saturated carbocycles. The third-order valence-electron chi connectivity index (χ3n) is 10.8. The van der Waals surface area contributed by atoms with E-state index in [1.165, 1.54) is 44.5 Å². The van der Waals surface area contributed by atoms with Crippen molar-refractivity contribution in [3.63, 3.8) is 0 Å². The molecular formula is C61H60Cl2F24Ir2N6P4+2. The molecule has 6 nitrogen and oxygen atoms in total. The predicted molar refractivity (Wildman–Crippen MR) is 349 cm³/mol. The molecule has 0 spiro atoms. The van der Waals surface area contributed by atoms with E-state index in [1.54, 1.807) is 0 Å². The maximum absolute atomic E-state index is 10.7. The molecule has 10 rings (SSSR count). The average Bonchev–Trinajstić information content (AvgIpc) is 0.828. The number of fused-ring (bicyclic) bond motifs is 4. The molecule has 2 aliphatic carbocycles. The van der Waals surface area contributed by atoms with Crippen molar-refractivity contribution in [1.82, 2.24) is 30.6 Å². The Morgan fingerprint density at radius 3 is 0.475 bits per heavy atom. The molecule has 2 N–H and O–H groups in total.